The molecule has 0 radical (unpaired) electrons. The third-order valence-electron chi connectivity index (χ3n) is 3.28. The highest BCUT2D eigenvalue weighted by Crippen LogP contribution is 2.26. The van der Waals surface area contributed by atoms with Gasteiger partial charge < -0.3 is 15.3 Å². The van der Waals surface area contributed by atoms with Gasteiger partial charge in [-0.2, -0.15) is 0 Å². The summed E-state index contributed by atoms with van der Waals surface area (Å²) in [5, 5.41) is 28.0. The highest BCUT2D eigenvalue weighted by molar-refractivity contribution is 5.79. The molecule has 0 aromatic heterocycles. The lowest BCUT2D eigenvalue weighted by Gasteiger charge is -2.21. The molecule has 2 unspecified atom stereocenters. The van der Waals surface area contributed by atoms with Crippen LogP contribution in [-0.2, 0) is 4.79 Å². The van der Waals surface area contributed by atoms with Crippen LogP contribution >= 0.6 is 0 Å². The number of carboxylic acids is 1. The fourth-order valence-corrected chi connectivity index (χ4v) is 2.12. The summed E-state index contributed by atoms with van der Waals surface area (Å²) < 4.78 is 0. The lowest BCUT2D eigenvalue weighted by Crippen LogP contribution is -2.16. The molecule has 0 fully saturated rings. The summed E-state index contributed by atoms with van der Waals surface area (Å²) in [4.78, 5) is 10.3. The molecule has 1 aromatic carbocycles. The number of unbranched alkanes of at least 4 members (excludes halogenated alkanes) is 2. The Morgan fingerprint density at radius 2 is 1.90 bits per heavy atom. The van der Waals surface area contributed by atoms with Crippen molar-refractivity contribution in [2.24, 2.45) is 5.92 Å². The smallest absolute Gasteiger partial charge is 0.327 e. The lowest BCUT2D eigenvalue weighted by atomic mass is 9.91. The minimum atomic E-state index is -0.933. The zero-order chi connectivity index (χ0) is 14.8. The van der Waals surface area contributed by atoms with E-state index in [0.29, 0.717) is 12.8 Å². The Bertz CT molecular complexity index is 414. The molecule has 0 bridgehead atoms. The number of aliphatic hydroxyl groups excluding tert-OH is 2. The van der Waals surface area contributed by atoms with Crippen LogP contribution in [0.3, 0.4) is 0 Å². The highest BCUT2D eigenvalue weighted by atomic mass is 16.4. The molecule has 4 nitrogen and oxygen atoms in total. The summed E-state index contributed by atoms with van der Waals surface area (Å²) in [5.74, 6) is -1.11. The van der Waals surface area contributed by atoms with Crippen molar-refractivity contribution in [2.45, 2.75) is 31.8 Å². The van der Waals surface area contributed by atoms with Crippen LogP contribution in [0.15, 0.2) is 42.5 Å². The zero-order valence-corrected chi connectivity index (χ0v) is 11.5. The van der Waals surface area contributed by atoms with Crippen molar-refractivity contribution in [1.82, 2.24) is 0 Å². The molecule has 1 rings (SSSR count). The van der Waals surface area contributed by atoms with E-state index in [1.165, 1.54) is 0 Å². The summed E-state index contributed by atoms with van der Waals surface area (Å²) in [6.07, 6.45) is 5.22. The summed E-state index contributed by atoms with van der Waals surface area (Å²) in [7, 11) is 0. The monoisotopic (exact) mass is 278 g/mol. The highest BCUT2D eigenvalue weighted by Gasteiger charge is 2.19. The van der Waals surface area contributed by atoms with E-state index in [4.69, 9.17) is 5.11 Å². The van der Waals surface area contributed by atoms with Gasteiger partial charge in [-0.3, -0.25) is 0 Å². The molecule has 0 aliphatic heterocycles. The molecule has 2 atom stereocenters. The predicted octanol–water partition coefficient (Wildman–Crippen LogP) is 2.53. The standard InChI is InChI=1S/C16H22O4/c17-12-14(10-4-1-2-7-11-15(18)19)16(20)13-8-5-3-6-9-13/h3,5-9,11,14,16-17,20H,1-2,4,10,12H2,(H,18,19)/b11-7+. The first-order chi connectivity index (χ1) is 9.65. The molecule has 0 aliphatic rings. The summed E-state index contributed by atoms with van der Waals surface area (Å²) >= 11 is 0. The Kier molecular flexibility index (Phi) is 7.62. The molecule has 110 valence electrons. The molecule has 0 aliphatic carbocycles. The average Bonchev–Trinajstić information content (AvgIpc) is 2.46. The van der Waals surface area contributed by atoms with Crippen LogP contribution in [0.1, 0.15) is 37.4 Å². The maximum atomic E-state index is 10.3. The molecule has 0 heterocycles. The van der Waals surface area contributed by atoms with Gasteiger partial charge in [0, 0.05) is 18.6 Å². The minimum absolute atomic E-state index is 0.0545. The molecule has 4 heteroatoms. The van der Waals surface area contributed by atoms with Gasteiger partial charge in [-0.25, -0.2) is 4.79 Å². The van der Waals surface area contributed by atoms with Crippen molar-refractivity contribution >= 4 is 5.97 Å². The van der Waals surface area contributed by atoms with E-state index in [1.54, 1.807) is 6.08 Å². The number of allylic oxidation sites excluding steroid dienone is 1. The molecule has 0 saturated heterocycles. The third-order valence-corrected chi connectivity index (χ3v) is 3.28. The third kappa shape index (κ3) is 5.99. The van der Waals surface area contributed by atoms with Crippen molar-refractivity contribution in [1.29, 1.82) is 0 Å². The number of carbonyl (C=O) groups is 1. The second-order valence-corrected chi connectivity index (χ2v) is 4.82. The van der Waals surface area contributed by atoms with Crippen LogP contribution in [0.2, 0.25) is 0 Å². The van der Waals surface area contributed by atoms with Crippen LogP contribution in [0.25, 0.3) is 0 Å². The van der Waals surface area contributed by atoms with Gasteiger partial charge in [0.05, 0.1) is 6.10 Å². The van der Waals surface area contributed by atoms with Gasteiger partial charge >= 0.3 is 5.97 Å². The largest absolute Gasteiger partial charge is 0.478 e. The Morgan fingerprint density at radius 3 is 2.50 bits per heavy atom. The Labute approximate surface area is 119 Å². The van der Waals surface area contributed by atoms with E-state index >= 15 is 0 Å². The maximum Gasteiger partial charge on any atom is 0.327 e. The number of rotatable bonds is 9. The summed E-state index contributed by atoms with van der Waals surface area (Å²) in [6.45, 7) is -0.0545. The molecular formula is C16H22O4. The Balaban J connectivity index is 2.34. The molecule has 1 aromatic rings. The topological polar surface area (TPSA) is 77.8 Å². The number of aliphatic hydroxyl groups is 2. The lowest BCUT2D eigenvalue weighted by molar-refractivity contribution is -0.131. The fraction of sp³-hybridized carbons (Fsp3) is 0.438. The van der Waals surface area contributed by atoms with Crippen molar-refractivity contribution in [3.05, 3.63) is 48.0 Å². The maximum absolute atomic E-state index is 10.3. The van der Waals surface area contributed by atoms with Gasteiger partial charge in [0.1, 0.15) is 0 Å². The molecule has 0 spiro atoms. The number of carboxylic acid groups (broad SMARTS) is 1. The van der Waals surface area contributed by atoms with Gasteiger partial charge in [0.25, 0.3) is 0 Å². The summed E-state index contributed by atoms with van der Waals surface area (Å²) in [5.41, 5.74) is 0.817. The first-order valence-corrected chi connectivity index (χ1v) is 6.88. The molecule has 3 N–H and O–H groups in total. The summed E-state index contributed by atoms with van der Waals surface area (Å²) in [6, 6.07) is 9.32. The van der Waals surface area contributed by atoms with Gasteiger partial charge in [0.2, 0.25) is 0 Å². The average molecular weight is 278 g/mol. The van der Waals surface area contributed by atoms with Gasteiger partial charge in [-0.15, -0.1) is 0 Å². The van der Waals surface area contributed by atoms with Crippen molar-refractivity contribution in [3.8, 4) is 0 Å². The van der Waals surface area contributed by atoms with Crippen LogP contribution in [0, 0.1) is 5.92 Å². The SMILES string of the molecule is O=C(O)/C=C/CCCCC(CO)C(O)c1ccccc1. The zero-order valence-electron chi connectivity index (χ0n) is 11.5. The van der Waals surface area contributed by atoms with E-state index < -0.39 is 12.1 Å². The molecule has 20 heavy (non-hydrogen) atoms. The number of hydrogen-bond acceptors (Lipinski definition) is 3. The Morgan fingerprint density at radius 1 is 1.20 bits per heavy atom. The van der Waals surface area contributed by atoms with Crippen molar-refractivity contribution in [3.63, 3.8) is 0 Å². The van der Waals surface area contributed by atoms with E-state index in [2.05, 4.69) is 0 Å². The van der Waals surface area contributed by atoms with E-state index in [-0.39, 0.29) is 12.5 Å². The first-order valence-electron chi connectivity index (χ1n) is 6.88. The second kappa shape index (κ2) is 9.28. The van der Waals surface area contributed by atoms with E-state index in [9.17, 15) is 15.0 Å². The molecule has 0 amide bonds. The van der Waals surface area contributed by atoms with Gasteiger partial charge in [0.15, 0.2) is 0 Å². The van der Waals surface area contributed by atoms with Gasteiger partial charge in [-0.05, 0) is 24.8 Å². The normalized spacial score (nSPS) is 14.3. The van der Waals surface area contributed by atoms with Gasteiger partial charge in [-0.1, -0.05) is 42.8 Å². The van der Waals surface area contributed by atoms with Crippen molar-refractivity contribution in [2.75, 3.05) is 6.61 Å². The number of aliphatic carboxylic acids is 1. The second-order valence-electron chi connectivity index (χ2n) is 4.82. The minimum Gasteiger partial charge on any atom is -0.478 e. The van der Waals surface area contributed by atoms with E-state index in [1.807, 2.05) is 30.3 Å². The fourth-order valence-electron chi connectivity index (χ4n) is 2.12. The van der Waals surface area contributed by atoms with E-state index in [0.717, 1.165) is 24.5 Å². The quantitative estimate of drug-likeness (QED) is 0.479. The first kappa shape index (κ1) is 16.4. The number of benzene rings is 1. The predicted molar refractivity (Wildman–Crippen MR) is 77.2 cm³/mol. The number of hydrogen-bond donors (Lipinski definition) is 3. The van der Waals surface area contributed by atoms with Crippen molar-refractivity contribution < 1.29 is 20.1 Å². The molecular weight excluding hydrogens is 256 g/mol. The van der Waals surface area contributed by atoms with Crippen LogP contribution in [0.4, 0.5) is 0 Å². The van der Waals surface area contributed by atoms with Crippen LogP contribution in [0.5, 0.6) is 0 Å². The van der Waals surface area contributed by atoms with Crippen LogP contribution < -0.4 is 0 Å². The Hall–Kier alpha value is -1.65. The van der Waals surface area contributed by atoms with Crippen LogP contribution in [-0.4, -0.2) is 27.9 Å². The molecule has 0 saturated carbocycles.